The van der Waals surface area contributed by atoms with Gasteiger partial charge in [-0.2, -0.15) is 5.10 Å². The Kier molecular flexibility index (Phi) is 4.83. The summed E-state index contributed by atoms with van der Waals surface area (Å²) >= 11 is 2.33. The van der Waals surface area contributed by atoms with Crippen molar-refractivity contribution >= 4 is 28.8 Å². The summed E-state index contributed by atoms with van der Waals surface area (Å²) in [5, 5.41) is 6.66. The van der Waals surface area contributed by atoms with E-state index < -0.39 is 0 Å². The van der Waals surface area contributed by atoms with Crippen LogP contribution in [0, 0.1) is 17.4 Å². The molecule has 1 aromatic carbocycles. The summed E-state index contributed by atoms with van der Waals surface area (Å²) in [4.78, 5) is 0. The van der Waals surface area contributed by atoms with Crippen LogP contribution >= 0.6 is 22.6 Å². The van der Waals surface area contributed by atoms with E-state index in [1.807, 2.05) is 6.21 Å². The zero-order valence-electron chi connectivity index (χ0n) is 12.9. The number of morpholine rings is 1. The molecule has 22 heavy (non-hydrogen) atoms. The molecule has 0 aliphatic carbocycles. The second-order valence-electron chi connectivity index (χ2n) is 5.45. The molecule has 3 rings (SSSR count). The highest BCUT2D eigenvalue weighted by Crippen LogP contribution is 2.20. The lowest BCUT2D eigenvalue weighted by Crippen LogP contribution is -2.32. The largest absolute Gasteiger partial charge is 0.378 e. The van der Waals surface area contributed by atoms with E-state index in [9.17, 15) is 0 Å². The minimum Gasteiger partial charge on any atom is -0.378 e. The van der Waals surface area contributed by atoms with Crippen molar-refractivity contribution in [1.29, 1.82) is 0 Å². The van der Waals surface area contributed by atoms with Gasteiger partial charge in [-0.05, 0) is 66.8 Å². The van der Waals surface area contributed by atoms with Crippen molar-refractivity contribution in [2.24, 2.45) is 5.10 Å². The van der Waals surface area contributed by atoms with Gasteiger partial charge in [-0.15, -0.1) is 0 Å². The lowest BCUT2D eigenvalue weighted by Gasteiger charge is -2.23. The van der Waals surface area contributed by atoms with Gasteiger partial charge in [-0.3, -0.25) is 5.01 Å². The Morgan fingerprint density at radius 3 is 2.50 bits per heavy atom. The van der Waals surface area contributed by atoms with Crippen LogP contribution in [0.3, 0.4) is 0 Å². The molecule has 0 N–H and O–H groups in total. The van der Waals surface area contributed by atoms with E-state index in [2.05, 4.69) is 81.4 Å². The van der Waals surface area contributed by atoms with Crippen molar-refractivity contribution in [3.63, 3.8) is 0 Å². The molecule has 0 bridgehead atoms. The number of halogens is 1. The minimum absolute atomic E-state index is 0.763. The molecule has 2 aromatic rings. The van der Waals surface area contributed by atoms with Crippen molar-refractivity contribution in [2.75, 3.05) is 26.3 Å². The smallest absolute Gasteiger partial charge is 0.0659 e. The molecule has 0 atom stereocenters. The van der Waals surface area contributed by atoms with Gasteiger partial charge in [-0.1, -0.05) is 0 Å². The number of hydrogen-bond acceptors (Lipinski definition) is 3. The number of rotatable bonds is 3. The highest BCUT2D eigenvalue weighted by Gasteiger charge is 2.11. The molecule has 0 saturated carbocycles. The van der Waals surface area contributed by atoms with Gasteiger partial charge in [0.15, 0.2) is 0 Å². The maximum Gasteiger partial charge on any atom is 0.0659 e. The number of benzene rings is 1. The maximum atomic E-state index is 5.35. The van der Waals surface area contributed by atoms with Crippen LogP contribution in [-0.4, -0.2) is 42.1 Å². The Hall–Kier alpha value is -1.34. The summed E-state index contributed by atoms with van der Waals surface area (Å²) in [6, 6.07) is 10.8. The molecule has 1 fully saturated rings. The number of hydrazone groups is 1. The van der Waals surface area contributed by atoms with E-state index in [1.165, 1.54) is 26.2 Å². The van der Waals surface area contributed by atoms with Crippen LogP contribution in [0.5, 0.6) is 0 Å². The standard InChI is InChI=1S/C17H20IN3O/c1-13-11-15(12-19-20-7-9-22-10-8-20)14(2)21(13)17-5-3-16(18)4-6-17/h3-6,11-12H,7-10H2,1-2H3/b19-12-. The van der Waals surface area contributed by atoms with Crippen LogP contribution in [0.4, 0.5) is 0 Å². The third-order valence-corrected chi connectivity index (χ3v) is 4.62. The normalized spacial score (nSPS) is 15.7. The molecule has 1 aromatic heterocycles. The zero-order chi connectivity index (χ0) is 15.5. The van der Waals surface area contributed by atoms with Gasteiger partial charge < -0.3 is 9.30 Å². The van der Waals surface area contributed by atoms with Crippen LogP contribution in [0.15, 0.2) is 35.4 Å². The maximum absolute atomic E-state index is 5.35. The number of nitrogens with zero attached hydrogens (tertiary/aromatic N) is 3. The van der Waals surface area contributed by atoms with Crippen molar-refractivity contribution in [1.82, 2.24) is 9.58 Å². The van der Waals surface area contributed by atoms with Crippen LogP contribution in [0.1, 0.15) is 17.0 Å². The Labute approximate surface area is 144 Å². The van der Waals surface area contributed by atoms with Crippen molar-refractivity contribution in [3.8, 4) is 5.69 Å². The fourth-order valence-corrected chi connectivity index (χ4v) is 3.08. The third-order valence-electron chi connectivity index (χ3n) is 3.90. The van der Waals surface area contributed by atoms with Gasteiger partial charge in [0.1, 0.15) is 0 Å². The molecule has 1 aliphatic rings. The quantitative estimate of drug-likeness (QED) is 0.575. The first-order valence-corrected chi connectivity index (χ1v) is 8.54. The summed E-state index contributed by atoms with van der Waals surface area (Å²) in [5.41, 5.74) is 4.81. The summed E-state index contributed by atoms with van der Waals surface area (Å²) in [6.07, 6.45) is 1.97. The van der Waals surface area contributed by atoms with Gasteiger partial charge in [0.2, 0.25) is 0 Å². The monoisotopic (exact) mass is 409 g/mol. The van der Waals surface area contributed by atoms with E-state index in [-0.39, 0.29) is 0 Å². The van der Waals surface area contributed by atoms with Gasteiger partial charge in [-0.25, -0.2) is 0 Å². The molecule has 1 saturated heterocycles. The fourth-order valence-electron chi connectivity index (χ4n) is 2.72. The first-order valence-electron chi connectivity index (χ1n) is 7.47. The average molecular weight is 409 g/mol. The van der Waals surface area contributed by atoms with Gasteiger partial charge in [0, 0.05) is 26.2 Å². The number of hydrogen-bond donors (Lipinski definition) is 0. The molecule has 2 heterocycles. The fraction of sp³-hybridized carbons (Fsp3) is 0.353. The van der Waals surface area contributed by atoms with Crippen LogP contribution < -0.4 is 0 Å². The highest BCUT2D eigenvalue weighted by atomic mass is 127. The third kappa shape index (κ3) is 3.35. The molecule has 116 valence electrons. The van der Waals surface area contributed by atoms with E-state index in [1.54, 1.807) is 0 Å². The SMILES string of the molecule is Cc1cc(/C=N\N2CCOCC2)c(C)n1-c1ccc(I)cc1. The van der Waals surface area contributed by atoms with Gasteiger partial charge in [0.25, 0.3) is 0 Å². The lowest BCUT2D eigenvalue weighted by atomic mass is 10.2. The Morgan fingerprint density at radius 1 is 1.14 bits per heavy atom. The molecule has 0 amide bonds. The molecule has 0 radical (unpaired) electrons. The number of ether oxygens (including phenoxy) is 1. The number of aromatic nitrogens is 1. The minimum atomic E-state index is 0.763. The second-order valence-corrected chi connectivity index (χ2v) is 6.69. The van der Waals surface area contributed by atoms with Crippen LogP contribution in [0.25, 0.3) is 5.69 Å². The summed E-state index contributed by atoms with van der Waals surface area (Å²) < 4.78 is 8.87. The Balaban J connectivity index is 1.86. The second kappa shape index (κ2) is 6.83. The van der Waals surface area contributed by atoms with E-state index in [4.69, 9.17) is 4.74 Å². The lowest BCUT2D eigenvalue weighted by molar-refractivity contribution is 0.0397. The highest BCUT2D eigenvalue weighted by molar-refractivity contribution is 14.1. The summed E-state index contributed by atoms with van der Waals surface area (Å²) in [6.45, 7) is 7.54. The zero-order valence-corrected chi connectivity index (χ0v) is 15.1. The average Bonchev–Trinajstić information content (AvgIpc) is 2.82. The molecule has 5 heteroatoms. The van der Waals surface area contributed by atoms with E-state index in [0.29, 0.717) is 0 Å². The molecule has 4 nitrogen and oxygen atoms in total. The van der Waals surface area contributed by atoms with Crippen LogP contribution in [0.2, 0.25) is 0 Å². The van der Waals surface area contributed by atoms with Gasteiger partial charge in [0.05, 0.1) is 32.5 Å². The van der Waals surface area contributed by atoms with Crippen LogP contribution in [-0.2, 0) is 4.74 Å². The van der Waals surface area contributed by atoms with E-state index in [0.717, 1.165) is 26.3 Å². The van der Waals surface area contributed by atoms with Crippen molar-refractivity contribution in [2.45, 2.75) is 13.8 Å². The van der Waals surface area contributed by atoms with Crippen molar-refractivity contribution in [3.05, 3.63) is 50.9 Å². The molecule has 1 aliphatic heterocycles. The number of aryl methyl sites for hydroxylation is 1. The topological polar surface area (TPSA) is 29.8 Å². The van der Waals surface area contributed by atoms with Crippen molar-refractivity contribution < 1.29 is 4.74 Å². The summed E-state index contributed by atoms with van der Waals surface area (Å²) in [5.74, 6) is 0. The first kappa shape index (κ1) is 15.6. The molecule has 0 unspecified atom stereocenters. The van der Waals surface area contributed by atoms with Gasteiger partial charge >= 0.3 is 0 Å². The Bertz CT molecular complexity index is 670. The predicted molar refractivity (Wildman–Crippen MR) is 97.9 cm³/mol. The predicted octanol–water partition coefficient (Wildman–Crippen LogP) is 3.36. The van der Waals surface area contributed by atoms with E-state index >= 15 is 0 Å². The molecular formula is C17H20IN3O. The first-order chi connectivity index (χ1) is 10.6. The molecule has 0 spiro atoms. The Morgan fingerprint density at radius 2 is 1.82 bits per heavy atom. The molecular weight excluding hydrogens is 389 g/mol. The summed E-state index contributed by atoms with van der Waals surface area (Å²) in [7, 11) is 0.